The van der Waals surface area contributed by atoms with Crippen LogP contribution >= 0.6 is 0 Å². The van der Waals surface area contributed by atoms with Gasteiger partial charge in [-0.1, -0.05) is 20.8 Å². The zero-order valence-electron chi connectivity index (χ0n) is 12.0. The summed E-state index contributed by atoms with van der Waals surface area (Å²) in [5.74, 6) is 0.897. The summed E-state index contributed by atoms with van der Waals surface area (Å²) in [6.07, 6.45) is 5.96. The molecule has 2 aliphatic rings. The van der Waals surface area contributed by atoms with E-state index in [2.05, 4.69) is 49.3 Å². The average Bonchev–Trinajstić information content (AvgIpc) is 2.95. The number of hydrogen-bond acceptors (Lipinski definition) is 2. The van der Waals surface area contributed by atoms with Gasteiger partial charge in [0.05, 0.1) is 5.69 Å². The van der Waals surface area contributed by atoms with Crippen LogP contribution in [0.2, 0.25) is 0 Å². The van der Waals surface area contributed by atoms with Crippen LogP contribution in [0.25, 0.3) is 0 Å². The van der Waals surface area contributed by atoms with E-state index >= 15 is 0 Å². The summed E-state index contributed by atoms with van der Waals surface area (Å²) < 4.78 is 0. The van der Waals surface area contributed by atoms with Crippen LogP contribution in [-0.2, 0) is 0 Å². The Hall–Kier alpha value is -0.830. The first-order valence-corrected chi connectivity index (χ1v) is 7.20. The lowest BCUT2D eigenvalue weighted by atomic mass is 9.69. The van der Waals surface area contributed by atoms with Crippen LogP contribution in [0.4, 0.5) is 0 Å². The van der Waals surface area contributed by atoms with Gasteiger partial charge in [-0.3, -0.25) is 5.10 Å². The highest BCUT2D eigenvalue weighted by Crippen LogP contribution is 2.65. The highest BCUT2D eigenvalue weighted by Gasteiger charge is 2.61. The van der Waals surface area contributed by atoms with Crippen LogP contribution in [0.1, 0.15) is 58.7 Å². The van der Waals surface area contributed by atoms with E-state index < -0.39 is 0 Å². The van der Waals surface area contributed by atoms with E-state index in [9.17, 15) is 0 Å². The molecule has 3 nitrogen and oxygen atoms in total. The van der Waals surface area contributed by atoms with E-state index in [1.54, 1.807) is 0 Å². The quantitative estimate of drug-likeness (QED) is 0.860. The molecule has 2 bridgehead atoms. The van der Waals surface area contributed by atoms with Crippen LogP contribution in [0, 0.1) is 16.7 Å². The Kier molecular flexibility index (Phi) is 2.60. The van der Waals surface area contributed by atoms with Crippen molar-refractivity contribution in [1.29, 1.82) is 0 Å². The zero-order chi connectivity index (χ0) is 13.0. The zero-order valence-corrected chi connectivity index (χ0v) is 12.0. The van der Waals surface area contributed by atoms with Crippen molar-refractivity contribution in [1.82, 2.24) is 15.5 Å². The number of H-pyrrole nitrogens is 1. The first-order valence-electron chi connectivity index (χ1n) is 7.20. The highest BCUT2D eigenvalue weighted by molar-refractivity contribution is 5.14. The lowest BCUT2D eigenvalue weighted by Crippen LogP contribution is -2.45. The van der Waals surface area contributed by atoms with Crippen LogP contribution in [0.3, 0.4) is 0 Å². The molecule has 2 fully saturated rings. The minimum absolute atomic E-state index is 0.365. The van der Waals surface area contributed by atoms with E-state index in [-0.39, 0.29) is 0 Å². The summed E-state index contributed by atoms with van der Waals surface area (Å²) >= 11 is 0. The maximum Gasteiger partial charge on any atom is 0.0518 e. The molecule has 0 spiro atoms. The standard InChI is InChI=1S/C15H25N3/c1-10(12-6-8-16-18-12)17-13-9-11-5-7-15(13,4)14(11,2)3/h6,8,10-11,13,17H,5,7,9H2,1-4H3,(H,16,18). The molecule has 4 unspecified atom stereocenters. The van der Waals surface area contributed by atoms with Crippen molar-refractivity contribution in [3.05, 3.63) is 18.0 Å². The lowest BCUT2D eigenvalue weighted by molar-refractivity contribution is 0.116. The second-order valence-corrected chi connectivity index (χ2v) is 7.06. The summed E-state index contributed by atoms with van der Waals surface area (Å²) in [7, 11) is 0. The number of fused-ring (bicyclic) bond motifs is 2. The molecule has 2 aliphatic carbocycles. The predicted molar refractivity (Wildman–Crippen MR) is 73.2 cm³/mol. The molecule has 1 aromatic heterocycles. The summed E-state index contributed by atoms with van der Waals surface area (Å²) in [6.45, 7) is 9.65. The third kappa shape index (κ3) is 1.49. The van der Waals surface area contributed by atoms with Gasteiger partial charge in [0.1, 0.15) is 0 Å². The summed E-state index contributed by atoms with van der Waals surface area (Å²) in [5, 5.41) is 11.0. The molecular formula is C15H25N3. The van der Waals surface area contributed by atoms with Crippen molar-refractivity contribution in [2.75, 3.05) is 0 Å². The van der Waals surface area contributed by atoms with Crippen LogP contribution in [-0.4, -0.2) is 16.2 Å². The second-order valence-electron chi connectivity index (χ2n) is 7.06. The van der Waals surface area contributed by atoms with Crippen molar-refractivity contribution in [3.8, 4) is 0 Å². The van der Waals surface area contributed by atoms with Crippen LogP contribution < -0.4 is 5.32 Å². The maximum atomic E-state index is 4.05. The molecular weight excluding hydrogens is 222 g/mol. The Morgan fingerprint density at radius 3 is 2.72 bits per heavy atom. The van der Waals surface area contributed by atoms with E-state index in [4.69, 9.17) is 0 Å². The van der Waals surface area contributed by atoms with Crippen molar-refractivity contribution in [2.24, 2.45) is 16.7 Å². The lowest BCUT2D eigenvalue weighted by Gasteiger charge is -2.40. The Bertz CT molecular complexity index is 423. The van der Waals surface area contributed by atoms with Crippen molar-refractivity contribution < 1.29 is 0 Å². The largest absolute Gasteiger partial charge is 0.305 e. The Morgan fingerprint density at radius 2 is 2.22 bits per heavy atom. The highest BCUT2D eigenvalue weighted by atomic mass is 15.1. The minimum atomic E-state index is 0.365. The molecule has 1 aromatic rings. The topological polar surface area (TPSA) is 40.7 Å². The number of aromatic amines is 1. The number of hydrogen-bond donors (Lipinski definition) is 2. The first-order chi connectivity index (χ1) is 8.45. The van der Waals surface area contributed by atoms with E-state index in [0.717, 1.165) is 5.92 Å². The molecule has 100 valence electrons. The van der Waals surface area contributed by atoms with Gasteiger partial charge in [0, 0.05) is 18.3 Å². The first kappa shape index (κ1) is 12.2. The van der Waals surface area contributed by atoms with E-state index in [1.807, 2.05) is 6.20 Å². The van der Waals surface area contributed by atoms with Gasteiger partial charge in [-0.05, 0) is 49.0 Å². The fourth-order valence-corrected chi connectivity index (χ4v) is 4.36. The molecule has 1 heterocycles. The number of aromatic nitrogens is 2. The van der Waals surface area contributed by atoms with Gasteiger partial charge in [-0.15, -0.1) is 0 Å². The fraction of sp³-hybridized carbons (Fsp3) is 0.800. The van der Waals surface area contributed by atoms with Crippen molar-refractivity contribution in [3.63, 3.8) is 0 Å². The van der Waals surface area contributed by atoms with Gasteiger partial charge in [0.2, 0.25) is 0 Å². The third-order valence-corrected chi connectivity index (χ3v) is 6.23. The molecule has 3 heteroatoms. The smallest absolute Gasteiger partial charge is 0.0518 e. The van der Waals surface area contributed by atoms with Gasteiger partial charge < -0.3 is 5.32 Å². The monoisotopic (exact) mass is 247 g/mol. The molecule has 0 radical (unpaired) electrons. The van der Waals surface area contributed by atoms with Gasteiger partial charge in [0.15, 0.2) is 0 Å². The van der Waals surface area contributed by atoms with Gasteiger partial charge in [-0.25, -0.2) is 0 Å². The fourth-order valence-electron chi connectivity index (χ4n) is 4.36. The molecule has 18 heavy (non-hydrogen) atoms. The molecule has 4 atom stereocenters. The molecule has 0 aromatic carbocycles. The Balaban J connectivity index is 1.76. The number of nitrogens with zero attached hydrogens (tertiary/aromatic N) is 1. The maximum absolute atomic E-state index is 4.05. The summed E-state index contributed by atoms with van der Waals surface area (Å²) in [6, 6.07) is 3.08. The predicted octanol–water partition coefficient (Wildman–Crippen LogP) is 3.28. The average molecular weight is 247 g/mol. The minimum Gasteiger partial charge on any atom is -0.305 e. The SMILES string of the molecule is CC(NC1CC2CCC1(C)C2(C)C)c1ccn[nH]1. The van der Waals surface area contributed by atoms with Gasteiger partial charge in [0.25, 0.3) is 0 Å². The van der Waals surface area contributed by atoms with Crippen LogP contribution in [0.5, 0.6) is 0 Å². The molecule has 2 saturated carbocycles. The Morgan fingerprint density at radius 1 is 1.44 bits per heavy atom. The normalized spacial score (nSPS) is 39.1. The molecule has 0 aliphatic heterocycles. The third-order valence-electron chi connectivity index (χ3n) is 6.23. The molecule has 2 N–H and O–H groups in total. The molecule has 0 saturated heterocycles. The van der Waals surface area contributed by atoms with E-state index in [1.165, 1.54) is 25.0 Å². The second kappa shape index (κ2) is 3.83. The van der Waals surface area contributed by atoms with Gasteiger partial charge >= 0.3 is 0 Å². The summed E-state index contributed by atoms with van der Waals surface area (Å²) in [4.78, 5) is 0. The molecule has 0 amide bonds. The van der Waals surface area contributed by atoms with Crippen molar-refractivity contribution in [2.45, 2.75) is 59.0 Å². The van der Waals surface area contributed by atoms with Crippen LogP contribution in [0.15, 0.2) is 12.3 Å². The summed E-state index contributed by atoms with van der Waals surface area (Å²) in [5.41, 5.74) is 2.13. The van der Waals surface area contributed by atoms with Gasteiger partial charge in [-0.2, -0.15) is 5.10 Å². The van der Waals surface area contributed by atoms with Crippen molar-refractivity contribution >= 4 is 0 Å². The molecule has 3 rings (SSSR count). The Labute approximate surface area is 110 Å². The number of rotatable bonds is 3. The number of nitrogens with one attached hydrogen (secondary N) is 2. The van der Waals surface area contributed by atoms with E-state index in [0.29, 0.717) is 22.9 Å².